The van der Waals surface area contributed by atoms with Crippen LogP contribution in [0.4, 0.5) is 13.2 Å². The molecule has 1 aromatic rings. The normalized spacial score (nSPS) is 29.2. The standard InChI is InChI=1S/C21H31F3N2O.2ClH/c1-15(16-7-6-8-17(13-16)21(22,23)24)20(27)11-5-4-9-19(20)26-12-10-18(14-26)25(2)3;;/h6-8,13,15,18-19,27H,4-5,9-12,14H2,1-3H3;2*1H/t15?,18-,19?,20?;;/m0../s1. The number of alkyl halides is 3. The lowest BCUT2D eigenvalue weighted by Gasteiger charge is -2.48. The Balaban J connectivity index is 0.00000210. The van der Waals surface area contributed by atoms with Crippen LogP contribution >= 0.6 is 24.8 Å². The highest BCUT2D eigenvalue weighted by molar-refractivity contribution is 5.85. The van der Waals surface area contributed by atoms with Crippen LogP contribution in [0.1, 0.15) is 56.1 Å². The van der Waals surface area contributed by atoms with Gasteiger partial charge in [0.15, 0.2) is 0 Å². The maximum Gasteiger partial charge on any atom is 0.416 e. The van der Waals surface area contributed by atoms with Crippen molar-refractivity contribution in [2.45, 2.75) is 68.8 Å². The van der Waals surface area contributed by atoms with E-state index in [0.29, 0.717) is 18.0 Å². The quantitative estimate of drug-likeness (QED) is 0.693. The third-order valence-electron chi connectivity index (χ3n) is 6.71. The molecule has 0 radical (unpaired) electrons. The van der Waals surface area contributed by atoms with E-state index in [1.165, 1.54) is 12.1 Å². The van der Waals surface area contributed by atoms with E-state index < -0.39 is 17.3 Å². The Kier molecular flexibility index (Phi) is 9.31. The van der Waals surface area contributed by atoms with Crippen molar-refractivity contribution < 1.29 is 18.3 Å². The zero-order valence-corrected chi connectivity index (χ0v) is 18.9. The molecular weight excluding hydrogens is 424 g/mol. The zero-order valence-electron chi connectivity index (χ0n) is 17.3. The van der Waals surface area contributed by atoms with Gasteiger partial charge < -0.3 is 10.0 Å². The van der Waals surface area contributed by atoms with Gasteiger partial charge in [-0.25, -0.2) is 0 Å². The van der Waals surface area contributed by atoms with Gasteiger partial charge in [-0.2, -0.15) is 13.2 Å². The van der Waals surface area contributed by atoms with Crippen molar-refractivity contribution in [1.82, 2.24) is 9.80 Å². The van der Waals surface area contributed by atoms with Crippen LogP contribution < -0.4 is 0 Å². The first kappa shape index (κ1) is 26.5. The summed E-state index contributed by atoms with van der Waals surface area (Å²) in [7, 11) is 4.15. The molecule has 1 aromatic carbocycles. The highest BCUT2D eigenvalue weighted by Gasteiger charge is 2.48. The van der Waals surface area contributed by atoms with E-state index in [1.807, 2.05) is 6.92 Å². The van der Waals surface area contributed by atoms with Crippen LogP contribution in [0, 0.1) is 0 Å². The van der Waals surface area contributed by atoms with E-state index >= 15 is 0 Å². The Morgan fingerprint density at radius 2 is 1.86 bits per heavy atom. The van der Waals surface area contributed by atoms with Crippen molar-refractivity contribution in [2.75, 3.05) is 27.2 Å². The van der Waals surface area contributed by atoms with Gasteiger partial charge in [0.05, 0.1) is 11.2 Å². The van der Waals surface area contributed by atoms with Gasteiger partial charge in [-0.05, 0) is 45.0 Å². The van der Waals surface area contributed by atoms with Crippen LogP contribution in [-0.4, -0.2) is 59.8 Å². The molecule has 0 amide bonds. The third kappa shape index (κ3) is 5.59. The maximum atomic E-state index is 13.1. The largest absolute Gasteiger partial charge is 0.416 e. The average Bonchev–Trinajstić information content (AvgIpc) is 3.11. The molecular formula is C21H33Cl2F3N2O. The summed E-state index contributed by atoms with van der Waals surface area (Å²) >= 11 is 0. The second kappa shape index (κ2) is 10.2. The predicted molar refractivity (Wildman–Crippen MR) is 115 cm³/mol. The third-order valence-corrected chi connectivity index (χ3v) is 6.71. The minimum absolute atomic E-state index is 0. The summed E-state index contributed by atoms with van der Waals surface area (Å²) < 4.78 is 39.4. The van der Waals surface area contributed by atoms with Crippen LogP contribution in [-0.2, 0) is 6.18 Å². The molecule has 3 unspecified atom stereocenters. The topological polar surface area (TPSA) is 26.7 Å². The van der Waals surface area contributed by atoms with Gasteiger partial charge in [0.25, 0.3) is 0 Å². The Morgan fingerprint density at radius 3 is 2.45 bits per heavy atom. The number of benzene rings is 1. The summed E-state index contributed by atoms with van der Waals surface area (Å²) in [4.78, 5) is 4.59. The molecule has 1 N–H and O–H groups in total. The van der Waals surface area contributed by atoms with Gasteiger partial charge in [0, 0.05) is 31.1 Å². The minimum Gasteiger partial charge on any atom is -0.388 e. The van der Waals surface area contributed by atoms with Crippen LogP contribution in [0.3, 0.4) is 0 Å². The van der Waals surface area contributed by atoms with Gasteiger partial charge >= 0.3 is 6.18 Å². The molecule has 1 aliphatic heterocycles. The fourth-order valence-corrected chi connectivity index (χ4v) is 4.91. The number of nitrogens with zero attached hydrogens (tertiary/aromatic N) is 2. The van der Waals surface area contributed by atoms with Crippen LogP contribution in [0.15, 0.2) is 24.3 Å². The molecule has 1 aliphatic carbocycles. The molecule has 0 aromatic heterocycles. The first-order valence-electron chi connectivity index (χ1n) is 9.93. The SMILES string of the molecule is CC(c1cccc(C(F)(F)F)c1)C1(O)CCCCC1N1CC[C@H](N(C)C)C1.Cl.Cl. The number of likely N-dealkylation sites (tertiary alicyclic amines) is 1. The molecule has 4 atom stereocenters. The lowest BCUT2D eigenvalue weighted by molar-refractivity contribution is -0.137. The van der Waals surface area contributed by atoms with Gasteiger partial charge in [0.2, 0.25) is 0 Å². The van der Waals surface area contributed by atoms with Gasteiger partial charge in [0.1, 0.15) is 0 Å². The van der Waals surface area contributed by atoms with E-state index in [-0.39, 0.29) is 36.8 Å². The van der Waals surface area contributed by atoms with Crippen molar-refractivity contribution in [1.29, 1.82) is 0 Å². The van der Waals surface area contributed by atoms with Gasteiger partial charge in [-0.3, -0.25) is 4.90 Å². The number of aliphatic hydroxyl groups is 1. The summed E-state index contributed by atoms with van der Waals surface area (Å²) in [5, 5.41) is 11.7. The second-order valence-corrected chi connectivity index (χ2v) is 8.50. The summed E-state index contributed by atoms with van der Waals surface area (Å²) in [5.74, 6) is -0.344. The molecule has 3 rings (SSSR count). The lowest BCUT2D eigenvalue weighted by atomic mass is 9.70. The van der Waals surface area contributed by atoms with Crippen molar-refractivity contribution >= 4 is 24.8 Å². The summed E-state index contributed by atoms with van der Waals surface area (Å²) in [6.45, 7) is 3.73. The van der Waals surface area contributed by atoms with Crippen molar-refractivity contribution in [2.24, 2.45) is 0 Å². The van der Waals surface area contributed by atoms with Crippen molar-refractivity contribution in [3.63, 3.8) is 0 Å². The number of rotatable bonds is 4. The predicted octanol–water partition coefficient (Wildman–Crippen LogP) is 4.96. The summed E-state index contributed by atoms with van der Waals surface area (Å²) in [6.07, 6.45) is 0.223. The number of likely N-dealkylation sites (N-methyl/N-ethyl adjacent to an activating group) is 1. The maximum absolute atomic E-state index is 13.1. The van der Waals surface area contributed by atoms with E-state index in [1.54, 1.807) is 6.07 Å². The minimum atomic E-state index is -4.36. The molecule has 2 fully saturated rings. The molecule has 3 nitrogen and oxygen atoms in total. The van der Waals surface area contributed by atoms with Crippen molar-refractivity contribution in [3.8, 4) is 0 Å². The Morgan fingerprint density at radius 1 is 1.17 bits per heavy atom. The lowest BCUT2D eigenvalue weighted by Crippen LogP contribution is -2.57. The molecule has 0 bridgehead atoms. The molecule has 29 heavy (non-hydrogen) atoms. The Hall–Kier alpha value is -0.530. The van der Waals surface area contributed by atoms with Crippen LogP contribution in [0.25, 0.3) is 0 Å². The number of hydrogen-bond acceptors (Lipinski definition) is 3. The van der Waals surface area contributed by atoms with E-state index in [0.717, 1.165) is 44.8 Å². The Bertz CT molecular complexity index is 659. The monoisotopic (exact) mass is 456 g/mol. The highest BCUT2D eigenvalue weighted by atomic mass is 35.5. The zero-order chi connectivity index (χ0) is 19.8. The number of hydrogen-bond donors (Lipinski definition) is 1. The molecule has 0 spiro atoms. The van der Waals surface area contributed by atoms with E-state index in [2.05, 4.69) is 23.9 Å². The fraction of sp³-hybridized carbons (Fsp3) is 0.714. The molecule has 2 aliphatic rings. The molecule has 1 saturated heterocycles. The Labute approximate surface area is 184 Å². The van der Waals surface area contributed by atoms with Gasteiger partial charge in [-0.15, -0.1) is 24.8 Å². The smallest absolute Gasteiger partial charge is 0.388 e. The summed E-state index contributed by atoms with van der Waals surface area (Å²) in [5.41, 5.74) is -1.07. The average molecular weight is 457 g/mol. The second-order valence-electron chi connectivity index (χ2n) is 8.50. The highest BCUT2D eigenvalue weighted by Crippen LogP contribution is 2.44. The van der Waals surface area contributed by atoms with E-state index in [4.69, 9.17) is 0 Å². The molecule has 8 heteroatoms. The first-order valence-corrected chi connectivity index (χ1v) is 9.93. The molecule has 1 heterocycles. The fourth-order valence-electron chi connectivity index (χ4n) is 4.91. The van der Waals surface area contributed by atoms with Crippen LogP contribution in [0.5, 0.6) is 0 Å². The van der Waals surface area contributed by atoms with E-state index in [9.17, 15) is 18.3 Å². The summed E-state index contributed by atoms with van der Waals surface area (Å²) in [6, 6.07) is 5.95. The molecule has 1 saturated carbocycles. The molecule has 168 valence electrons. The van der Waals surface area contributed by atoms with Crippen molar-refractivity contribution in [3.05, 3.63) is 35.4 Å². The number of halogens is 5. The van der Waals surface area contributed by atoms with Crippen LogP contribution in [0.2, 0.25) is 0 Å². The van der Waals surface area contributed by atoms with Gasteiger partial charge in [-0.1, -0.05) is 38.0 Å². The first-order chi connectivity index (χ1) is 12.6.